The average molecular weight is 275 g/mol. The molecule has 3 atom stereocenters. The Morgan fingerprint density at radius 1 is 1.28 bits per heavy atom. The van der Waals surface area contributed by atoms with Crippen LogP contribution in [0.25, 0.3) is 0 Å². The van der Waals surface area contributed by atoms with Gasteiger partial charge in [0, 0.05) is 19.0 Å². The number of hydrogen-bond acceptors (Lipinski definition) is 2. The number of rotatable bonds is 3. The maximum absolute atomic E-state index is 11.9. The molecule has 1 aliphatic carbocycles. The van der Waals surface area contributed by atoms with Crippen molar-refractivity contribution in [1.82, 2.24) is 10.6 Å². The number of hydrogen-bond donors (Lipinski definition) is 2. The molecule has 1 saturated carbocycles. The van der Waals surface area contributed by atoms with E-state index in [0.29, 0.717) is 12.0 Å². The Balaban J connectivity index is 0.00000162. The van der Waals surface area contributed by atoms with Crippen LogP contribution in [0.3, 0.4) is 0 Å². The molecule has 0 aromatic carbocycles. The molecule has 2 fully saturated rings. The van der Waals surface area contributed by atoms with E-state index in [9.17, 15) is 4.79 Å². The average Bonchev–Trinajstić information content (AvgIpc) is 2.30. The van der Waals surface area contributed by atoms with Crippen LogP contribution in [-0.2, 0) is 4.79 Å². The largest absolute Gasteiger partial charge is 0.352 e. The van der Waals surface area contributed by atoms with Crippen LogP contribution in [-0.4, -0.2) is 25.0 Å². The molecule has 1 amide bonds. The van der Waals surface area contributed by atoms with Gasteiger partial charge in [0.2, 0.25) is 5.91 Å². The zero-order valence-corrected chi connectivity index (χ0v) is 12.2. The van der Waals surface area contributed by atoms with Crippen molar-refractivity contribution in [2.24, 2.45) is 11.8 Å². The molecular formula is C14H27ClN2O. The van der Waals surface area contributed by atoms with Gasteiger partial charge in [0.05, 0.1) is 0 Å². The second-order valence-corrected chi connectivity index (χ2v) is 5.95. The molecule has 1 heterocycles. The highest BCUT2D eigenvalue weighted by atomic mass is 35.5. The Kier molecular flexibility index (Phi) is 7.02. The predicted octanol–water partition coefficient (Wildman–Crippen LogP) is 2.49. The molecule has 2 aliphatic rings. The smallest absolute Gasteiger partial charge is 0.220 e. The van der Waals surface area contributed by atoms with Gasteiger partial charge in [-0.1, -0.05) is 19.8 Å². The van der Waals surface area contributed by atoms with Crippen molar-refractivity contribution in [3.8, 4) is 0 Å². The number of carbonyl (C=O) groups is 1. The standard InChI is InChI=1S/C14H26N2O.ClH/c1-11-4-2-5-12(8-11)9-14(17)16-13-6-3-7-15-10-13;/h11-13,15H,2-10H2,1H3,(H,16,17);1H. The van der Waals surface area contributed by atoms with E-state index in [1.165, 1.54) is 32.1 Å². The van der Waals surface area contributed by atoms with Crippen LogP contribution < -0.4 is 10.6 Å². The summed E-state index contributed by atoms with van der Waals surface area (Å²) in [7, 11) is 0. The zero-order chi connectivity index (χ0) is 12.1. The van der Waals surface area contributed by atoms with Gasteiger partial charge in [0.25, 0.3) is 0 Å². The summed E-state index contributed by atoms with van der Waals surface area (Å²) in [5, 5.41) is 6.52. The topological polar surface area (TPSA) is 41.1 Å². The molecule has 3 nitrogen and oxygen atoms in total. The van der Waals surface area contributed by atoms with E-state index in [-0.39, 0.29) is 18.3 Å². The molecule has 0 spiro atoms. The first kappa shape index (κ1) is 15.8. The minimum absolute atomic E-state index is 0. The van der Waals surface area contributed by atoms with Crippen LogP contribution in [0, 0.1) is 11.8 Å². The van der Waals surface area contributed by atoms with Gasteiger partial charge in [-0.05, 0) is 44.1 Å². The van der Waals surface area contributed by atoms with E-state index >= 15 is 0 Å². The summed E-state index contributed by atoms with van der Waals surface area (Å²) >= 11 is 0. The maximum atomic E-state index is 11.9. The molecule has 0 bridgehead atoms. The molecule has 1 saturated heterocycles. The van der Waals surface area contributed by atoms with Gasteiger partial charge in [0.15, 0.2) is 0 Å². The summed E-state index contributed by atoms with van der Waals surface area (Å²) < 4.78 is 0. The third kappa shape index (κ3) is 5.15. The Hall–Kier alpha value is -0.280. The summed E-state index contributed by atoms with van der Waals surface area (Å²) in [6.07, 6.45) is 8.23. The molecule has 0 aromatic heterocycles. The first-order valence-corrected chi connectivity index (χ1v) is 7.24. The van der Waals surface area contributed by atoms with Gasteiger partial charge < -0.3 is 10.6 Å². The van der Waals surface area contributed by atoms with Crippen LogP contribution in [0.1, 0.15) is 51.9 Å². The van der Waals surface area contributed by atoms with Gasteiger partial charge >= 0.3 is 0 Å². The normalized spacial score (nSPS) is 32.4. The van der Waals surface area contributed by atoms with Gasteiger partial charge in [-0.25, -0.2) is 0 Å². The van der Waals surface area contributed by atoms with Crippen LogP contribution in [0.2, 0.25) is 0 Å². The molecule has 18 heavy (non-hydrogen) atoms. The number of amides is 1. The van der Waals surface area contributed by atoms with Gasteiger partial charge in [-0.2, -0.15) is 0 Å². The van der Waals surface area contributed by atoms with E-state index in [1.54, 1.807) is 0 Å². The van der Waals surface area contributed by atoms with Crippen LogP contribution in [0.5, 0.6) is 0 Å². The second-order valence-electron chi connectivity index (χ2n) is 5.95. The van der Waals surface area contributed by atoms with E-state index in [1.807, 2.05) is 0 Å². The van der Waals surface area contributed by atoms with Crippen molar-refractivity contribution in [1.29, 1.82) is 0 Å². The summed E-state index contributed by atoms with van der Waals surface area (Å²) in [5.74, 6) is 1.73. The minimum Gasteiger partial charge on any atom is -0.352 e. The third-order valence-electron chi connectivity index (χ3n) is 4.18. The number of piperidine rings is 1. The summed E-state index contributed by atoms with van der Waals surface area (Å²) in [6, 6.07) is 0.372. The lowest BCUT2D eigenvalue weighted by molar-refractivity contribution is -0.123. The Morgan fingerprint density at radius 2 is 2.11 bits per heavy atom. The first-order valence-electron chi connectivity index (χ1n) is 7.24. The van der Waals surface area contributed by atoms with Crippen molar-refractivity contribution in [3.05, 3.63) is 0 Å². The van der Waals surface area contributed by atoms with Crippen molar-refractivity contribution in [2.75, 3.05) is 13.1 Å². The highest BCUT2D eigenvalue weighted by Crippen LogP contribution is 2.30. The number of halogens is 1. The van der Waals surface area contributed by atoms with Gasteiger partial charge in [-0.3, -0.25) is 4.79 Å². The van der Waals surface area contributed by atoms with Crippen LogP contribution in [0.15, 0.2) is 0 Å². The quantitative estimate of drug-likeness (QED) is 0.830. The van der Waals surface area contributed by atoms with E-state index in [2.05, 4.69) is 17.6 Å². The van der Waals surface area contributed by atoms with Crippen LogP contribution in [0.4, 0.5) is 0 Å². The van der Waals surface area contributed by atoms with Crippen molar-refractivity contribution in [2.45, 2.75) is 57.9 Å². The van der Waals surface area contributed by atoms with Gasteiger partial charge in [0.1, 0.15) is 0 Å². The molecule has 106 valence electrons. The monoisotopic (exact) mass is 274 g/mol. The second kappa shape index (κ2) is 8.00. The summed E-state index contributed by atoms with van der Waals surface area (Å²) in [5.41, 5.74) is 0. The molecule has 0 aromatic rings. The van der Waals surface area contributed by atoms with Crippen molar-refractivity contribution >= 4 is 18.3 Å². The van der Waals surface area contributed by atoms with E-state index in [4.69, 9.17) is 0 Å². The lowest BCUT2D eigenvalue weighted by Crippen LogP contribution is -2.46. The fourth-order valence-corrected chi connectivity index (χ4v) is 3.27. The summed E-state index contributed by atoms with van der Waals surface area (Å²) in [6.45, 7) is 4.37. The van der Waals surface area contributed by atoms with E-state index in [0.717, 1.165) is 31.8 Å². The molecular weight excluding hydrogens is 248 g/mol. The third-order valence-corrected chi connectivity index (χ3v) is 4.18. The Morgan fingerprint density at radius 3 is 2.78 bits per heavy atom. The lowest BCUT2D eigenvalue weighted by Gasteiger charge is -2.28. The molecule has 2 rings (SSSR count). The Bertz CT molecular complexity index is 254. The van der Waals surface area contributed by atoms with E-state index < -0.39 is 0 Å². The predicted molar refractivity (Wildman–Crippen MR) is 77.0 cm³/mol. The first-order chi connectivity index (χ1) is 8.24. The SMILES string of the molecule is CC1CCCC(CC(=O)NC2CCCNC2)C1.Cl. The minimum atomic E-state index is 0. The highest BCUT2D eigenvalue weighted by molar-refractivity contribution is 5.85. The van der Waals surface area contributed by atoms with Crippen molar-refractivity contribution in [3.63, 3.8) is 0 Å². The zero-order valence-electron chi connectivity index (χ0n) is 11.4. The van der Waals surface area contributed by atoms with Crippen molar-refractivity contribution < 1.29 is 4.79 Å². The van der Waals surface area contributed by atoms with Gasteiger partial charge in [-0.15, -0.1) is 12.4 Å². The molecule has 3 unspecified atom stereocenters. The maximum Gasteiger partial charge on any atom is 0.220 e. The number of carbonyl (C=O) groups excluding carboxylic acids is 1. The summed E-state index contributed by atoms with van der Waals surface area (Å²) in [4.78, 5) is 11.9. The molecule has 4 heteroatoms. The fourth-order valence-electron chi connectivity index (χ4n) is 3.27. The number of nitrogens with one attached hydrogen (secondary N) is 2. The fraction of sp³-hybridized carbons (Fsp3) is 0.929. The lowest BCUT2D eigenvalue weighted by atomic mass is 9.80. The Labute approximate surface area is 117 Å². The molecule has 1 aliphatic heterocycles. The molecule has 2 N–H and O–H groups in total. The highest BCUT2D eigenvalue weighted by Gasteiger charge is 2.22. The molecule has 0 radical (unpaired) electrons. The van der Waals surface area contributed by atoms with Crippen LogP contribution >= 0.6 is 12.4 Å².